The molecule has 0 atom stereocenters. The summed E-state index contributed by atoms with van der Waals surface area (Å²) in [7, 11) is -0.796. The molecule has 3 N–H and O–H groups in total. The first kappa shape index (κ1) is 17.7. The monoisotopic (exact) mass is 317 g/mol. The van der Waals surface area contributed by atoms with Gasteiger partial charge in [0, 0.05) is 20.3 Å². The lowest BCUT2D eigenvalue weighted by Gasteiger charge is -2.37. The summed E-state index contributed by atoms with van der Waals surface area (Å²) in [5.41, 5.74) is -2.09. The van der Waals surface area contributed by atoms with Crippen molar-refractivity contribution in [1.29, 1.82) is 0 Å². The van der Waals surface area contributed by atoms with Crippen LogP contribution in [0.25, 0.3) is 0 Å². The van der Waals surface area contributed by atoms with E-state index in [1.54, 1.807) is 20.9 Å². The molecule has 0 saturated heterocycles. The van der Waals surface area contributed by atoms with Crippen molar-refractivity contribution in [3.05, 3.63) is 18.0 Å². The first-order valence-electron chi connectivity index (χ1n) is 6.46. The number of carbonyl (C=O) groups is 1. The zero-order chi connectivity index (χ0) is 16.6. The minimum Gasteiger partial charge on any atom is -0.389 e. The first-order valence-corrected chi connectivity index (χ1v) is 7.95. The largest absolute Gasteiger partial charge is 0.389 e. The molecule has 1 aromatic heterocycles. The third-order valence-corrected chi connectivity index (χ3v) is 5.29. The normalized spacial score (nSPS) is 13.3. The number of hydrogen-bond donors (Lipinski definition) is 3. The van der Waals surface area contributed by atoms with Gasteiger partial charge in [0.15, 0.2) is 0 Å². The van der Waals surface area contributed by atoms with Crippen LogP contribution in [0.5, 0.6) is 0 Å². The number of amides is 1. The van der Waals surface area contributed by atoms with Crippen molar-refractivity contribution in [3.8, 4) is 0 Å². The molecule has 0 bridgehead atoms. The smallest absolute Gasteiger partial charge is 0.267 e. The molecule has 1 rings (SSSR count). The number of aliphatic hydroxyl groups is 1. The molecule has 0 saturated carbocycles. The molecule has 0 aliphatic carbocycles. The summed E-state index contributed by atoms with van der Waals surface area (Å²) in [6.07, 6.45) is 1.35. The molecule has 0 spiro atoms. The molecular formula is C13H23N3O4S. The Kier molecular flexibility index (Phi) is 4.57. The maximum absolute atomic E-state index is 12.4. The third kappa shape index (κ3) is 3.63. The van der Waals surface area contributed by atoms with E-state index in [0.29, 0.717) is 0 Å². The second-order valence-electron chi connectivity index (χ2n) is 6.04. The van der Waals surface area contributed by atoms with Crippen LogP contribution in [-0.2, 0) is 17.1 Å². The molecule has 0 aromatic carbocycles. The van der Waals surface area contributed by atoms with E-state index in [-0.39, 0.29) is 16.5 Å². The topological polar surface area (TPSA) is 100 Å². The Balaban J connectivity index is 3.19. The highest BCUT2D eigenvalue weighted by molar-refractivity contribution is 7.89. The van der Waals surface area contributed by atoms with E-state index in [0.717, 1.165) is 0 Å². The number of nitrogens with one attached hydrogen (secondary N) is 2. The Bertz CT molecular complexity index is 639. The average molecular weight is 317 g/mol. The highest BCUT2D eigenvalue weighted by Gasteiger charge is 2.39. The van der Waals surface area contributed by atoms with Gasteiger partial charge in [-0.15, -0.1) is 0 Å². The number of hydrogen-bond acceptors (Lipinski definition) is 4. The SMILES string of the molecule is CNC(=O)c1cc(S(=O)(=O)NC(C)(C)C(C)(C)O)cn1C. The molecule has 0 unspecified atom stereocenters. The molecule has 1 heterocycles. The summed E-state index contributed by atoms with van der Waals surface area (Å²) in [5.74, 6) is -0.374. The summed E-state index contributed by atoms with van der Waals surface area (Å²) < 4.78 is 28.7. The van der Waals surface area contributed by atoms with Gasteiger partial charge in [0.25, 0.3) is 5.91 Å². The number of aryl methyl sites for hydroxylation is 1. The molecule has 0 aliphatic heterocycles. The van der Waals surface area contributed by atoms with E-state index >= 15 is 0 Å². The van der Waals surface area contributed by atoms with Crippen LogP contribution < -0.4 is 10.0 Å². The highest BCUT2D eigenvalue weighted by atomic mass is 32.2. The lowest BCUT2D eigenvalue weighted by Crippen LogP contribution is -2.57. The van der Waals surface area contributed by atoms with E-state index in [9.17, 15) is 18.3 Å². The van der Waals surface area contributed by atoms with Crippen LogP contribution in [0.15, 0.2) is 17.2 Å². The van der Waals surface area contributed by atoms with Crippen LogP contribution in [0.4, 0.5) is 0 Å². The van der Waals surface area contributed by atoms with E-state index < -0.39 is 21.2 Å². The molecular weight excluding hydrogens is 294 g/mol. The number of sulfonamides is 1. The summed E-state index contributed by atoms with van der Waals surface area (Å²) in [6, 6.07) is 1.29. The number of carbonyl (C=O) groups excluding carboxylic acids is 1. The maximum Gasteiger partial charge on any atom is 0.267 e. The standard InChI is InChI=1S/C13H23N3O4S/c1-12(2,13(3,4)18)15-21(19,20)9-7-10(11(17)14-5)16(6)8-9/h7-8,15,18H,1-6H3,(H,14,17). The van der Waals surface area contributed by atoms with Crippen LogP contribution in [-0.4, -0.2) is 42.2 Å². The van der Waals surface area contributed by atoms with Crippen molar-refractivity contribution in [2.45, 2.75) is 43.7 Å². The minimum atomic E-state index is -3.86. The number of nitrogens with zero attached hydrogens (tertiary/aromatic N) is 1. The Labute approximate surface area is 125 Å². The third-order valence-electron chi connectivity index (χ3n) is 3.67. The van der Waals surface area contributed by atoms with E-state index in [1.165, 1.54) is 37.7 Å². The van der Waals surface area contributed by atoms with Crippen LogP contribution in [0.2, 0.25) is 0 Å². The van der Waals surface area contributed by atoms with Gasteiger partial charge in [-0.2, -0.15) is 0 Å². The zero-order valence-corrected chi connectivity index (χ0v) is 14.0. The van der Waals surface area contributed by atoms with Gasteiger partial charge in [0.1, 0.15) is 10.6 Å². The number of aromatic nitrogens is 1. The second kappa shape index (κ2) is 5.43. The number of rotatable bonds is 5. The van der Waals surface area contributed by atoms with Crippen LogP contribution in [0, 0.1) is 0 Å². The molecule has 7 nitrogen and oxygen atoms in total. The Hall–Kier alpha value is -1.38. The zero-order valence-electron chi connectivity index (χ0n) is 13.2. The van der Waals surface area contributed by atoms with Gasteiger partial charge in [-0.05, 0) is 33.8 Å². The van der Waals surface area contributed by atoms with Crippen molar-refractivity contribution in [2.24, 2.45) is 7.05 Å². The summed E-state index contributed by atoms with van der Waals surface area (Å²) in [6.45, 7) is 6.23. The lowest BCUT2D eigenvalue weighted by molar-refractivity contribution is 0.00638. The maximum atomic E-state index is 12.4. The predicted molar refractivity (Wildman–Crippen MR) is 79.5 cm³/mol. The fraction of sp³-hybridized carbons (Fsp3) is 0.615. The first-order chi connectivity index (χ1) is 9.32. The fourth-order valence-corrected chi connectivity index (χ4v) is 3.16. The second-order valence-corrected chi connectivity index (χ2v) is 7.72. The van der Waals surface area contributed by atoms with Gasteiger partial charge in [-0.3, -0.25) is 4.79 Å². The molecule has 1 aromatic rings. The van der Waals surface area contributed by atoms with Crippen LogP contribution in [0.3, 0.4) is 0 Å². The van der Waals surface area contributed by atoms with Gasteiger partial charge in [-0.1, -0.05) is 0 Å². The molecule has 8 heteroatoms. The summed E-state index contributed by atoms with van der Waals surface area (Å²) in [5, 5.41) is 12.5. The highest BCUT2D eigenvalue weighted by Crippen LogP contribution is 2.24. The molecule has 1 amide bonds. The Morgan fingerprint density at radius 2 is 1.81 bits per heavy atom. The van der Waals surface area contributed by atoms with Gasteiger partial charge >= 0.3 is 0 Å². The predicted octanol–water partition coefficient (Wildman–Crippen LogP) is 0.213. The molecule has 0 radical (unpaired) electrons. The van der Waals surface area contributed by atoms with Crippen molar-refractivity contribution in [3.63, 3.8) is 0 Å². The minimum absolute atomic E-state index is 0.0269. The van der Waals surface area contributed by atoms with Crippen molar-refractivity contribution in [1.82, 2.24) is 14.6 Å². The Morgan fingerprint density at radius 3 is 2.24 bits per heavy atom. The van der Waals surface area contributed by atoms with Crippen molar-refractivity contribution in [2.75, 3.05) is 7.05 Å². The molecule has 120 valence electrons. The van der Waals surface area contributed by atoms with Crippen molar-refractivity contribution >= 4 is 15.9 Å². The molecule has 21 heavy (non-hydrogen) atoms. The average Bonchev–Trinajstić information content (AvgIpc) is 2.68. The summed E-state index contributed by atoms with van der Waals surface area (Å²) >= 11 is 0. The quantitative estimate of drug-likeness (QED) is 0.723. The summed E-state index contributed by atoms with van der Waals surface area (Å²) in [4.78, 5) is 11.6. The van der Waals surface area contributed by atoms with E-state index in [4.69, 9.17) is 0 Å². The molecule has 0 fully saturated rings. The van der Waals surface area contributed by atoms with E-state index in [1.807, 2.05) is 0 Å². The van der Waals surface area contributed by atoms with Crippen molar-refractivity contribution < 1.29 is 18.3 Å². The van der Waals surface area contributed by atoms with E-state index in [2.05, 4.69) is 10.0 Å². The molecule has 0 aliphatic rings. The Morgan fingerprint density at radius 1 is 1.29 bits per heavy atom. The van der Waals surface area contributed by atoms with Crippen LogP contribution >= 0.6 is 0 Å². The van der Waals surface area contributed by atoms with Gasteiger partial charge < -0.3 is 15.0 Å². The fourth-order valence-electron chi connectivity index (χ4n) is 1.55. The lowest BCUT2D eigenvalue weighted by atomic mass is 9.87. The van der Waals surface area contributed by atoms with Gasteiger partial charge in [0.2, 0.25) is 10.0 Å². The van der Waals surface area contributed by atoms with Crippen LogP contribution in [0.1, 0.15) is 38.2 Å². The van der Waals surface area contributed by atoms with Gasteiger partial charge in [0.05, 0.1) is 11.1 Å². The van der Waals surface area contributed by atoms with Gasteiger partial charge in [-0.25, -0.2) is 13.1 Å².